The summed E-state index contributed by atoms with van der Waals surface area (Å²) in [6.07, 6.45) is 11.1. The van der Waals surface area contributed by atoms with Crippen LogP contribution in [0.15, 0.2) is 0 Å². The highest BCUT2D eigenvalue weighted by molar-refractivity contribution is 8.01. The Bertz CT molecular complexity index is 370. The molecule has 5 aliphatic rings. The van der Waals surface area contributed by atoms with Crippen molar-refractivity contribution >= 4 is 17.7 Å². The molecule has 4 heteroatoms. The molecule has 1 saturated heterocycles. The highest BCUT2D eigenvalue weighted by Gasteiger charge is 2.51. The van der Waals surface area contributed by atoms with Gasteiger partial charge in [0.05, 0.1) is 11.9 Å². The predicted octanol–water partition coefficient (Wildman–Crippen LogP) is 2.98. The van der Waals surface area contributed by atoms with Gasteiger partial charge in [0.1, 0.15) is 0 Å². The van der Waals surface area contributed by atoms with Gasteiger partial charge in [-0.15, -0.1) is 11.8 Å². The molecule has 1 atom stereocenters. The van der Waals surface area contributed by atoms with Crippen LogP contribution in [0.25, 0.3) is 0 Å². The summed E-state index contributed by atoms with van der Waals surface area (Å²) in [5.41, 5.74) is 0. The third-order valence-electron chi connectivity index (χ3n) is 6.04. The first-order valence-corrected chi connectivity index (χ1v) is 9.72. The molecule has 1 heterocycles. The van der Waals surface area contributed by atoms with Crippen molar-refractivity contribution in [3.8, 4) is 0 Å². The number of rotatable bonds is 5. The number of hydrogen-bond acceptors (Lipinski definition) is 3. The largest absolute Gasteiger partial charge is 0.376 e. The van der Waals surface area contributed by atoms with Gasteiger partial charge in [-0.1, -0.05) is 0 Å². The molecule has 0 aromatic heterocycles. The van der Waals surface area contributed by atoms with Crippen molar-refractivity contribution in [3.05, 3.63) is 0 Å². The third-order valence-corrected chi connectivity index (χ3v) is 7.56. The number of nitrogens with one attached hydrogen (secondary N) is 1. The molecule has 4 saturated carbocycles. The van der Waals surface area contributed by atoms with Crippen LogP contribution < -0.4 is 5.32 Å². The Hall–Kier alpha value is -0.220. The maximum absolute atomic E-state index is 12.1. The van der Waals surface area contributed by atoms with Crippen LogP contribution in [-0.2, 0) is 9.53 Å². The molecule has 5 fully saturated rings. The van der Waals surface area contributed by atoms with E-state index >= 15 is 0 Å². The van der Waals surface area contributed by atoms with Crippen molar-refractivity contribution in [2.75, 3.05) is 18.9 Å². The fraction of sp³-hybridized carbons (Fsp3) is 0.941. The predicted molar refractivity (Wildman–Crippen MR) is 85.3 cm³/mol. The fourth-order valence-corrected chi connectivity index (χ4v) is 7.11. The van der Waals surface area contributed by atoms with Crippen molar-refractivity contribution in [1.82, 2.24) is 5.32 Å². The van der Waals surface area contributed by atoms with E-state index in [0.29, 0.717) is 17.0 Å². The minimum Gasteiger partial charge on any atom is -0.376 e. The minimum absolute atomic E-state index is 0.214. The van der Waals surface area contributed by atoms with Gasteiger partial charge in [-0.05, 0) is 69.1 Å². The molecule has 21 heavy (non-hydrogen) atoms. The Morgan fingerprint density at radius 2 is 1.81 bits per heavy atom. The van der Waals surface area contributed by atoms with E-state index in [0.717, 1.165) is 37.2 Å². The first kappa shape index (κ1) is 14.4. The van der Waals surface area contributed by atoms with Gasteiger partial charge in [-0.3, -0.25) is 4.79 Å². The SMILES string of the molecule is O=C(CSC12CC3CC(CC(C3)C1)C2)NC[C@H]1CCCO1. The lowest BCUT2D eigenvalue weighted by Gasteiger charge is -2.56. The Morgan fingerprint density at radius 1 is 1.14 bits per heavy atom. The highest BCUT2D eigenvalue weighted by Crippen LogP contribution is 2.60. The quantitative estimate of drug-likeness (QED) is 0.848. The first-order valence-electron chi connectivity index (χ1n) is 8.73. The number of hydrogen-bond donors (Lipinski definition) is 1. The van der Waals surface area contributed by atoms with Crippen molar-refractivity contribution < 1.29 is 9.53 Å². The molecule has 0 radical (unpaired) electrons. The van der Waals surface area contributed by atoms with Gasteiger partial charge in [0.2, 0.25) is 5.91 Å². The average Bonchev–Trinajstić information content (AvgIpc) is 2.95. The van der Waals surface area contributed by atoms with E-state index in [9.17, 15) is 4.79 Å². The average molecular weight is 309 g/mol. The summed E-state index contributed by atoms with van der Waals surface area (Å²) in [6, 6.07) is 0. The van der Waals surface area contributed by atoms with Crippen molar-refractivity contribution in [2.45, 2.75) is 62.2 Å². The Morgan fingerprint density at radius 3 is 2.38 bits per heavy atom. The lowest BCUT2D eigenvalue weighted by Crippen LogP contribution is -2.49. The molecule has 0 unspecified atom stereocenters. The van der Waals surface area contributed by atoms with Crippen LogP contribution in [0, 0.1) is 17.8 Å². The van der Waals surface area contributed by atoms with Crippen molar-refractivity contribution in [3.63, 3.8) is 0 Å². The molecule has 1 N–H and O–H groups in total. The number of thioether (sulfide) groups is 1. The molecule has 3 nitrogen and oxygen atoms in total. The van der Waals surface area contributed by atoms with Crippen LogP contribution >= 0.6 is 11.8 Å². The smallest absolute Gasteiger partial charge is 0.230 e. The zero-order valence-corrected chi connectivity index (χ0v) is 13.6. The summed E-state index contributed by atoms with van der Waals surface area (Å²) in [6.45, 7) is 1.57. The first-order chi connectivity index (χ1) is 10.2. The Kier molecular flexibility index (Phi) is 3.95. The van der Waals surface area contributed by atoms with Gasteiger partial charge in [0, 0.05) is 17.9 Å². The van der Waals surface area contributed by atoms with Gasteiger partial charge in [-0.2, -0.15) is 0 Å². The van der Waals surface area contributed by atoms with Crippen LogP contribution in [0.1, 0.15) is 51.4 Å². The second-order valence-electron chi connectivity index (χ2n) is 7.83. The molecule has 0 aromatic carbocycles. The van der Waals surface area contributed by atoms with Crippen molar-refractivity contribution in [2.24, 2.45) is 17.8 Å². The van der Waals surface area contributed by atoms with E-state index in [1.165, 1.54) is 38.5 Å². The van der Waals surface area contributed by atoms with Gasteiger partial charge in [-0.25, -0.2) is 0 Å². The molecular formula is C17H27NO2S. The lowest BCUT2D eigenvalue weighted by atomic mass is 9.56. The lowest BCUT2D eigenvalue weighted by molar-refractivity contribution is -0.119. The minimum atomic E-state index is 0.214. The van der Waals surface area contributed by atoms with Crippen LogP contribution in [0.5, 0.6) is 0 Å². The maximum atomic E-state index is 12.1. The molecule has 4 aliphatic carbocycles. The second-order valence-corrected chi connectivity index (χ2v) is 9.27. The van der Waals surface area contributed by atoms with Gasteiger partial charge >= 0.3 is 0 Å². The van der Waals surface area contributed by atoms with Gasteiger partial charge in [0.15, 0.2) is 0 Å². The topological polar surface area (TPSA) is 38.3 Å². The highest BCUT2D eigenvalue weighted by atomic mass is 32.2. The second kappa shape index (κ2) is 5.77. The molecule has 0 spiro atoms. The summed E-state index contributed by atoms with van der Waals surface area (Å²) in [4.78, 5) is 12.1. The van der Waals surface area contributed by atoms with E-state index in [4.69, 9.17) is 4.74 Å². The van der Waals surface area contributed by atoms with Gasteiger partial charge in [0.25, 0.3) is 0 Å². The standard InChI is InChI=1S/C17H27NO2S/c19-16(18-10-15-2-1-3-20-15)11-21-17-7-12-4-13(8-17)6-14(5-12)9-17/h12-15H,1-11H2,(H,18,19)/t12?,13?,14?,15-,17?/m1/s1. The normalized spacial score (nSPS) is 44.2. The van der Waals surface area contributed by atoms with Crippen LogP contribution in [0.3, 0.4) is 0 Å². The summed E-state index contributed by atoms with van der Waals surface area (Å²) in [5.74, 6) is 3.78. The molecule has 0 aromatic rings. The molecule has 4 bridgehead atoms. The van der Waals surface area contributed by atoms with Crippen LogP contribution in [-0.4, -0.2) is 35.7 Å². The summed E-state index contributed by atoms with van der Waals surface area (Å²) < 4.78 is 6.01. The van der Waals surface area contributed by atoms with Crippen LogP contribution in [0.4, 0.5) is 0 Å². The van der Waals surface area contributed by atoms with Crippen molar-refractivity contribution in [1.29, 1.82) is 0 Å². The van der Waals surface area contributed by atoms with E-state index in [2.05, 4.69) is 5.32 Å². The number of amides is 1. The summed E-state index contributed by atoms with van der Waals surface area (Å²) in [5, 5.41) is 3.07. The van der Waals surface area contributed by atoms with E-state index in [1.807, 2.05) is 11.8 Å². The number of ether oxygens (including phenoxy) is 1. The van der Waals surface area contributed by atoms with E-state index in [-0.39, 0.29) is 12.0 Å². The fourth-order valence-electron chi connectivity index (χ4n) is 5.51. The number of carbonyl (C=O) groups excluding carboxylic acids is 1. The third kappa shape index (κ3) is 3.12. The molecular weight excluding hydrogens is 282 g/mol. The van der Waals surface area contributed by atoms with E-state index < -0.39 is 0 Å². The zero-order chi connectivity index (χ0) is 14.3. The molecule has 5 rings (SSSR count). The molecule has 1 amide bonds. The zero-order valence-electron chi connectivity index (χ0n) is 12.8. The summed E-state index contributed by atoms with van der Waals surface area (Å²) >= 11 is 1.97. The monoisotopic (exact) mass is 309 g/mol. The number of carbonyl (C=O) groups is 1. The Labute approximate surface area is 132 Å². The van der Waals surface area contributed by atoms with Crippen LogP contribution in [0.2, 0.25) is 0 Å². The molecule has 118 valence electrons. The molecule has 1 aliphatic heterocycles. The van der Waals surface area contributed by atoms with Gasteiger partial charge < -0.3 is 10.1 Å². The maximum Gasteiger partial charge on any atom is 0.230 e. The van der Waals surface area contributed by atoms with E-state index in [1.54, 1.807) is 0 Å². The Balaban J connectivity index is 1.25. The summed E-state index contributed by atoms with van der Waals surface area (Å²) in [7, 11) is 0.